The van der Waals surface area contributed by atoms with E-state index in [2.05, 4.69) is 31.0 Å². The van der Waals surface area contributed by atoms with Crippen LogP contribution in [-0.4, -0.2) is 33.9 Å². The van der Waals surface area contributed by atoms with Crippen molar-refractivity contribution < 1.29 is 9.53 Å². The van der Waals surface area contributed by atoms with Crippen LogP contribution in [0, 0.1) is 6.92 Å². The number of aryl methyl sites for hydroxylation is 1. The summed E-state index contributed by atoms with van der Waals surface area (Å²) in [6, 6.07) is 14.2. The smallest absolute Gasteiger partial charge is 0.261 e. The molecule has 1 aliphatic heterocycles. The number of aromatic amines is 1. The van der Waals surface area contributed by atoms with Crippen LogP contribution in [0.4, 0.5) is 0 Å². The molecule has 1 amide bonds. The third-order valence-corrected chi connectivity index (χ3v) is 5.44. The van der Waals surface area contributed by atoms with Crippen molar-refractivity contribution in [3.63, 3.8) is 0 Å². The number of benzene rings is 2. The Morgan fingerprint density at radius 2 is 2.11 bits per heavy atom. The maximum Gasteiger partial charge on any atom is 0.261 e. The van der Waals surface area contributed by atoms with E-state index in [0.29, 0.717) is 5.92 Å². The lowest BCUT2D eigenvalue weighted by atomic mass is 10.0. The number of nitrogens with zero attached hydrogens (tertiary/aromatic N) is 2. The van der Waals surface area contributed by atoms with Gasteiger partial charge in [0.15, 0.2) is 6.61 Å². The number of nitrogens with one attached hydrogen (secondary N) is 1. The number of imidazole rings is 1. The zero-order valence-electron chi connectivity index (χ0n) is 16.7. The molecule has 1 saturated heterocycles. The van der Waals surface area contributed by atoms with Crippen molar-refractivity contribution in [1.29, 1.82) is 0 Å². The van der Waals surface area contributed by atoms with Crippen LogP contribution in [0.2, 0.25) is 0 Å². The first kappa shape index (κ1) is 18.5. The quantitative estimate of drug-likeness (QED) is 0.699. The largest absolute Gasteiger partial charge is 0.483 e. The molecule has 28 heavy (non-hydrogen) atoms. The zero-order chi connectivity index (χ0) is 19.7. The molecule has 1 N–H and O–H groups in total. The highest BCUT2D eigenvalue weighted by molar-refractivity contribution is 5.79. The number of ether oxygens (including phenoxy) is 1. The minimum atomic E-state index is -0.00872. The number of likely N-dealkylation sites (tertiary alicyclic amines) is 1. The van der Waals surface area contributed by atoms with Crippen LogP contribution >= 0.6 is 0 Å². The Morgan fingerprint density at radius 1 is 1.29 bits per heavy atom. The van der Waals surface area contributed by atoms with E-state index in [4.69, 9.17) is 9.72 Å². The van der Waals surface area contributed by atoms with E-state index in [1.54, 1.807) is 0 Å². The number of fused-ring (bicyclic) bond motifs is 1. The molecule has 5 heteroatoms. The molecule has 2 heterocycles. The maximum atomic E-state index is 12.9. The van der Waals surface area contributed by atoms with Crippen molar-refractivity contribution in [2.75, 3.05) is 13.2 Å². The Bertz CT molecular complexity index is 959. The second-order valence-electron chi connectivity index (χ2n) is 7.87. The summed E-state index contributed by atoms with van der Waals surface area (Å²) in [5.41, 5.74) is 4.21. The van der Waals surface area contributed by atoms with E-state index >= 15 is 0 Å². The summed E-state index contributed by atoms with van der Waals surface area (Å²) in [6.45, 7) is 7.11. The molecule has 2 aromatic carbocycles. The van der Waals surface area contributed by atoms with E-state index < -0.39 is 0 Å². The van der Waals surface area contributed by atoms with Gasteiger partial charge in [0.2, 0.25) is 0 Å². The average molecular weight is 377 g/mol. The van der Waals surface area contributed by atoms with Crippen LogP contribution in [0.25, 0.3) is 11.0 Å². The molecule has 4 rings (SSSR count). The van der Waals surface area contributed by atoms with Crippen molar-refractivity contribution in [2.45, 2.75) is 45.6 Å². The highest BCUT2D eigenvalue weighted by Gasteiger charge is 2.32. The summed E-state index contributed by atoms with van der Waals surface area (Å²) in [6.07, 6.45) is 1.91. The first-order chi connectivity index (χ1) is 13.5. The molecule has 1 atom stereocenters. The van der Waals surface area contributed by atoms with Crippen molar-refractivity contribution in [1.82, 2.24) is 14.9 Å². The van der Waals surface area contributed by atoms with Crippen LogP contribution in [0.3, 0.4) is 0 Å². The lowest BCUT2D eigenvalue weighted by Crippen LogP contribution is -2.35. The highest BCUT2D eigenvalue weighted by atomic mass is 16.5. The van der Waals surface area contributed by atoms with Gasteiger partial charge in [0.05, 0.1) is 17.1 Å². The van der Waals surface area contributed by atoms with Crippen molar-refractivity contribution >= 4 is 16.9 Å². The second kappa shape index (κ2) is 7.66. The third kappa shape index (κ3) is 3.61. The van der Waals surface area contributed by atoms with Crippen molar-refractivity contribution in [2.24, 2.45) is 0 Å². The Hall–Kier alpha value is -2.82. The first-order valence-electron chi connectivity index (χ1n) is 10.0. The van der Waals surface area contributed by atoms with Crippen LogP contribution in [0.15, 0.2) is 42.5 Å². The van der Waals surface area contributed by atoms with Crippen molar-refractivity contribution in [3.8, 4) is 5.75 Å². The maximum absolute atomic E-state index is 12.9. The lowest BCUT2D eigenvalue weighted by molar-refractivity contribution is -0.134. The molecular weight excluding hydrogens is 350 g/mol. The Kier molecular flexibility index (Phi) is 5.07. The lowest BCUT2D eigenvalue weighted by Gasteiger charge is -2.24. The number of rotatable bonds is 5. The number of amides is 1. The van der Waals surface area contributed by atoms with E-state index in [9.17, 15) is 4.79 Å². The molecule has 0 aliphatic carbocycles. The minimum Gasteiger partial charge on any atom is -0.483 e. The van der Waals surface area contributed by atoms with Gasteiger partial charge in [0.1, 0.15) is 11.6 Å². The van der Waals surface area contributed by atoms with Crippen LogP contribution in [-0.2, 0) is 4.79 Å². The Labute approximate surface area is 165 Å². The molecule has 146 valence electrons. The summed E-state index contributed by atoms with van der Waals surface area (Å²) in [4.78, 5) is 22.9. The first-order valence-corrected chi connectivity index (χ1v) is 10.0. The predicted octanol–water partition coefficient (Wildman–Crippen LogP) is 4.74. The van der Waals surface area contributed by atoms with Gasteiger partial charge in [-0.1, -0.05) is 38.1 Å². The fourth-order valence-corrected chi connectivity index (χ4v) is 3.95. The zero-order valence-corrected chi connectivity index (χ0v) is 16.7. The second-order valence-corrected chi connectivity index (χ2v) is 7.87. The number of aromatic nitrogens is 2. The van der Waals surface area contributed by atoms with Crippen LogP contribution in [0.5, 0.6) is 5.75 Å². The van der Waals surface area contributed by atoms with E-state index in [0.717, 1.165) is 53.1 Å². The molecule has 1 fully saturated rings. The normalized spacial score (nSPS) is 16.9. The van der Waals surface area contributed by atoms with E-state index in [1.807, 2.05) is 42.2 Å². The van der Waals surface area contributed by atoms with Gasteiger partial charge in [-0.2, -0.15) is 0 Å². The molecule has 1 aromatic heterocycles. The van der Waals surface area contributed by atoms with E-state index in [-0.39, 0.29) is 18.6 Å². The molecule has 0 radical (unpaired) electrons. The number of hydrogen-bond donors (Lipinski definition) is 1. The molecule has 0 bridgehead atoms. The fraction of sp³-hybridized carbons (Fsp3) is 0.391. The van der Waals surface area contributed by atoms with Gasteiger partial charge in [-0.3, -0.25) is 4.79 Å². The predicted molar refractivity (Wildman–Crippen MR) is 111 cm³/mol. The Balaban J connectivity index is 1.49. The van der Waals surface area contributed by atoms with Crippen LogP contribution in [0.1, 0.15) is 55.6 Å². The minimum absolute atomic E-state index is 0.00872. The van der Waals surface area contributed by atoms with Crippen molar-refractivity contribution in [3.05, 3.63) is 59.4 Å². The standard InChI is InChI=1S/C23H27N3O2/c1-15(2)17-11-10-16(3)13-21(17)28-14-22(27)26-12-6-9-20(26)23-24-18-7-4-5-8-19(18)25-23/h4-5,7-8,10-11,13,15,20H,6,9,12,14H2,1-3H3,(H,24,25)/t20-/m0/s1. The summed E-state index contributed by atoms with van der Waals surface area (Å²) >= 11 is 0. The van der Waals surface area contributed by atoms with Gasteiger partial charge >= 0.3 is 0 Å². The number of carbonyl (C=O) groups is 1. The summed E-state index contributed by atoms with van der Waals surface area (Å²) in [5, 5.41) is 0. The summed E-state index contributed by atoms with van der Waals surface area (Å²) in [5.74, 6) is 2.04. The monoisotopic (exact) mass is 377 g/mol. The molecule has 1 aliphatic rings. The fourth-order valence-electron chi connectivity index (χ4n) is 3.95. The summed E-state index contributed by atoms with van der Waals surface area (Å²) in [7, 11) is 0. The average Bonchev–Trinajstić information content (AvgIpc) is 3.32. The molecular formula is C23H27N3O2. The Morgan fingerprint density at radius 3 is 2.89 bits per heavy atom. The molecule has 5 nitrogen and oxygen atoms in total. The van der Waals surface area contributed by atoms with Gasteiger partial charge < -0.3 is 14.6 Å². The number of H-pyrrole nitrogens is 1. The van der Waals surface area contributed by atoms with Gasteiger partial charge in [0, 0.05) is 6.54 Å². The molecule has 0 saturated carbocycles. The molecule has 0 unspecified atom stereocenters. The van der Waals surface area contributed by atoms with Gasteiger partial charge in [-0.25, -0.2) is 4.98 Å². The highest BCUT2D eigenvalue weighted by Crippen LogP contribution is 2.32. The van der Waals surface area contributed by atoms with Gasteiger partial charge in [-0.05, 0) is 55.0 Å². The van der Waals surface area contributed by atoms with Gasteiger partial charge in [0.25, 0.3) is 5.91 Å². The van der Waals surface area contributed by atoms with E-state index in [1.165, 1.54) is 0 Å². The number of hydrogen-bond acceptors (Lipinski definition) is 3. The number of para-hydroxylation sites is 2. The third-order valence-electron chi connectivity index (χ3n) is 5.44. The summed E-state index contributed by atoms with van der Waals surface area (Å²) < 4.78 is 5.97. The molecule has 3 aromatic rings. The molecule has 0 spiro atoms. The SMILES string of the molecule is Cc1ccc(C(C)C)c(OCC(=O)N2CCC[C@H]2c2nc3ccccc3[nH]2)c1. The topological polar surface area (TPSA) is 58.2 Å². The number of carbonyl (C=O) groups excluding carboxylic acids is 1. The van der Waals surface area contributed by atoms with Crippen LogP contribution < -0.4 is 4.74 Å². The van der Waals surface area contributed by atoms with Gasteiger partial charge in [-0.15, -0.1) is 0 Å².